The van der Waals surface area contributed by atoms with Gasteiger partial charge in [-0.05, 0) is 22.6 Å². The summed E-state index contributed by atoms with van der Waals surface area (Å²) < 4.78 is 0.849. The Morgan fingerprint density at radius 2 is 2.35 bits per heavy atom. The topological polar surface area (TPSA) is 92.2 Å². The molecule has 2 N–H and O–H groups in total. The van der Waals surface area contributed by atoms with Crippen molar-refractivity contribution in [2.24, 2.45) is 0 Å². The zero-order chi connectivity index (χ0) is 12.8. The first-order chi connectivity index (χ1) is 8.00. The van der Waals surface area contributed by atoms with Crippen LogP contribution >= 0.6 is 34.4 Å². The van der Waals surface area contributed by atoms with Gasteiger partial charge in [-0.15, -0.1) is 11.8 Å². The predicted molar refractivity (Wildman–Crippen MR) is 70.7 cm³/mol. The Labute approximate surface area is 116 Å². The van der Waals surface area contributed by atoms with Crippen LogP contribution in [0.5, 0.6) is 0 Å². The summed E-state index contributed by atoms with van der Waals surface area (Å²) >= 11 is 3.34. The summed E-state index contributed by atoms with van der Waals surface area (Å²) in [6, 6.07) is -0.914. The van der Waals surface area contributed by atoms with Crippen LogP contribution in [0.3, 0.4) is 0 Å². The maximum Gasteiger partial charge on any atom is 0.327 e. The summed E-state index contributed by atoms with van der Waals surface area (Å²) in [7, 11) is 0. The molecule has 1 rings (SSSR count). The molecule has 0 aliphatic carbocycles. The highest BCUT2D eigenvalue weighted by molar-refractivity contribution is 14.1. The molecule has 0 fully saturated rings. The van der Waals surface area contributed by atoms with Gasteiger partial charge in [0, 0.05) is 18.9 Å². The van der Waals surface area contributed by atoms with Crippen LogP contribution in [0.4, 0.5) is 0 Å². The van der Waals surface area contributed by atoms with Gasteiger partial charge < -0.3 is 10.4 Å². The van der Waals surface area contributed by atoms with Crippen LogP contribution in [-0.4, -0.2) is 38.7 Å². The maximum atomic E-state index is 10.9. The van der Waals surface area contributed by atoms with E-state index < -0.39 is 12.0 Å². The summed E-state index contributed by atoms with van der Waals surface area (Å²) in [4.78, 5) is 29.6. The molecular weight excluding hydrogens is 357 g/mol. The van der Waals surface area contributed by atoms with Gasteiger partial charge >= 0.3 is 5.97 Å². The number of thioether (sulfide) groups is 1. The van der Waals surface area contributed by atoms with Crippen LogP contribution in [0.15, 0.2) is 17.6 Å². The minimum Gasteiger partial charge on any atom is -0.480 e. The molecule has 1 aromatic rings. The van der Waals surface area contributed by atoms with Gasteiger partial charge in [0.1, 0.15) is 17.4 Å². The first-order valence-electron chi connectivity index (χ1n) is 4.59. The Hall–Kier alpha value is -0.900. The normalized spacial score (nSPS) is 11.9. The van der Waals surface area contributed by atoms with Crippen LogP contribution in [0.1, 0.15) is 6.92 Å². The molecule has 0 bridgehead atoms. The Balaban J connectivity index is 2.61. The highest BCUT2D eigenvalue weighted by atomic mass is 127. The minimum absolute atomic E-state index is 0.224. The second kappa shape index (κ2) is 6.74. The third-order valence-corrected chi connectivity index (χ3v) is 3.95. The number of carboxylic acids is 1. The molecule has 1 heterocycles. The zero-order valence-corrected chi connectivity index (χ0v) is 11.9. The number of halogens is 1. The maximum absolute atomic E-state index is 10.9. The van der Waals surface area contributed by atoms with E-state index in [2.05, 4.69) is 37.9 Å². The number of amides is 1. The predicted octanol–water partition coefficient (Wildman–Crippen LogP) is 0.763. The number of hydrogen-bond acceptors (Lipinski definition) is 5. The fourth-order valence-corrected chi connectivity index (χ4v) is 2.62. The number of rotatable bonds is 5. The van der Waals surface area contributed by atoms with Gasteiger partial charge in [0.25, 0.3) is 0 Å². The van der Waals surface area contributed by atoms with Crippen molar-refractivity contribution < 1.29 is 14.7 Å². The van der Waals surface area contributed by atoms with E-state index in [1.807, 2.05) is 0 Å². The second-order valence-electron chi connectivity index (χ2n) is 3.08. The quantitative estimate of drug-likeness (QED) is 0.454. The first kappa shape index (κ1) is 14.2. The largest absolute Gasteiger partial charge is 0.480 e. The van der Waals surface area contributed by atoms with Gasteiger partial charge in [0.2, 0.25) is 5.91 Å². The van der Waals surface area contributed by atoms with Crippen molar-refractivity contribution in [1.29, 1.82) is 0 Å². The van der Waals surface area contributed by atoms with E-state index in [9.17, 15) is 9.59 Å². The fraction of sp³-hybridized carbons (Fsp3) is 0.333. The summed E-state index contributed by atoms with van der Waals surface area (Å²) in [5, 5.41) is 12.0. The van der Waals surface area contributed by atoms with Gasteiger partial charge in [-0.2, -0.15) is 0 Å². The van der Waals surface area contributed by atoms with Gasteiger partial charge in [0.05, 0.1) is 3.57 Å². The van der Waals surface area contributed by atoms with E-state index in [1.165, 1.54) is 25.0 Å². The number of nitrogens with zero attached hydrogens (tertiary/aromatic N) is 2. The van der Waals surface area contributed by atoms with Crippen LogP contribution in [0, 0.1) is 3.57 Å². The van der Waals surface area contributed by atoms with Crippen molar-refractivity contribution in [2.75, 3.05) is 5.75 Å². The number of carboxylic acid groups (broad SMARTS) is 1. The smallest absolute Gasteiger partial charge is 0.327 e. The third-order valence-electron chi connectivity index (χ3n) is 1.70. The second-order valence-corrected chi connectivity index (χ2v) is 5.25. The number of hydrogen-bond donors (Lipinski definition) is 2. The molecule has 0 saturated heterocycles. The van der Waals surface area contributed by atoms with E-state index in [0.717, 1.165) is 3.57 Å². The van der Waals surface area contributed by atoms with Gasteiger partial charge in [0.15, 0.2) is 0 Å². The lowest BCUT2D eigenvalue weighted by atomic mass is 10.3. The number of nitrogens with one attached hydrogen (secondary N) is 1. The average molecular weight is 367 g/mol. The molecule has 6 nitrogen and oxygen atoms in total. The van der Waals surface area contributed by atoms with E-state index in [1.54, 1.807) is 6.20 Å². The van der Waals surface area contributed by atoms with E-state index in [4.69, 9.17) is 5.11 Å². The molecule has 0 radical (unpaired) electrons. The van der Waals surface area contributed by atoms with Crippen LogP contribution in [-0.2, 0) is 9.59 Å². The molecule has 17 heavy (non-hydrogen) atoms. The average Bonchev–Trinajstić information content (AvgIpc) is 2.25. The number of aromatic nitrogens is 2. The molecule has 92 valence electrons. The zero-order valence-electron chi connectivity index (χ0n) is 8.88. The van der Waals surface area contributed by atoms with Crippen molar-refractivity contribution in [2.45, 2.75) is 18.0 Å². The molecule has 0 aliphatic heterocycles. The van der Waals surface area contributed by atoms with Crippen LogP contribution < -0.4 is 5.32 Å². The molecule has 1 atom stereocenters. The molecule has 0 unspecified atom stereocenters. The summed E-state index contributed by atoms with van der Waals surface area (Å²) in [6.07, 6.45) is 3.04. The summed E-state index contributed by atoms with van der Waals surface area (Å²) in [5.41, 5.74) is 0. The molecule has 0 saturated carbocycles. The van der Waals surface area contributed by atoms with Crippen molar-refractivity contribution in [3.05, 3.63) is 16.1 Å². The number of aliphatic carboxylic acids is 1. The lowest BCUT2D eigenvalue weighted by Gasteiger charge is -2.12. The Morgan fingerprint density at radius 3 is 2.88 bits per heavy atom. The first-order valence-corrected chi connectivity index (χ1v) is 6.65. The molecule has 0 aliphatic rings. The Bertz CT molecular complexity index is 430. The molecule has 8 heteroatoms. The van der Waals surface area contributed by atoms with Crippen LogP contribution in [0.25, 0.3) is 0 Å². The van der Waals surface area contributed by atoms with Crippen LogP contribution in [0.2, 0.25) is 0 Å². The third kappa shape index (κ3) is 4.86. The number of carbonyl (C=O) groups excluding carboxylic acids is 1. The fourth-order valence-electron chi connectivity index (χ4n) is 0.990. The standard InChI is InChI=1S/C9H10IN3O3S/c1-5(14)13-7(9(15)16)3-17-8-6(10)2-11-4-12-8/h2,4,7H,3H2,1H3,(H,13,14)(H,15,16)/t7-/m0/s1. The molecule has 1 aromatic heterocycles. The van der Waals surface area contributed by atoms with Gasteiger partial charge in [-0.1, -0.05) is 0 Å². The highest BCUT2D eigenvalue weighted by Crippen LogP contribution is 2.21. The SMILES string of the molecule is CC(=O)N[C@@H](CSc1ncncc1I)C(=O)O. The lowest BCUT2D eigenvalue weighted by Crippen LogP contribution is -2.41. The molecule has 0 spiro atoms. The van der Waals surface area contributed by atoms with Gasteiger partial charge in [-0.3, -0.25) is 4.79 Å². The van der Waals surface area contributed by atoms with Gasteiger partial charge in [-0.25, -0.2) is 14.8 Å². The number of carbonyl (C=O) groups is 2. The monoisotopic (exact) mass is 367 g/mol. The minimum atomic E-state index is -1.06. The molecule has 0 aromatic carbocycles. The van der Waals surface area contributed by atoms with Crippen molar-refractivity contribution >= 4 is 46.2 Å². The lowest BCUT2D eigenvalue weighted by molar-refractivity contribution is -0.140. The highest BCUT2D eigenvalue weighted by Gasteiger charge is 2.19. The van der Waals surface area contributed by atoms with E-state index in [0.29, 0.717) is 5.03 Å². The van der Waals surface area contributed by atoms with E-state index in [-0.39, 0.29) is 11.7 Å². The summed E-state index contributed by atoms with van der Waals surface area (Å²) in [6.45, 7) is 1.29. The van der Waals surface area contributed by atoms with Crippen molar-refractivity contribution in [3.8, 4) is 0 Å². The van der Waals surface area contributed by atoms with Crippen molar-refractivity contribution in [1.82, 2.24) is 15.3 Å². The Kier molecular flexibility index (Phi) is 5.62. The van der Waals surface area contributed by atoms with Crippen molar-refractivity contribution in [3.63, 3.8) is 0 Å². The Morgan fingerprint density at radius 1 is 1.65 bits per heavy atom. The van der Waals surface area contributed by atoms with E-state index >= 15 is 0 Å². The summed E-state index contributed by atoms with van der Waals surface area (Å²) in [5.74, 6) is -1.20. The molecule has 1 amide bonds. The molecular formula is C9H10IN3O3S.